The molecule has 19 heavy (non-hydrogen) atoms. The molecule has 1 heteroatoms. The molecule has 1 aliphatic carbocycles. The molecule has 2 aromatic carbocycles. The van der Waals surface area contributed by atoms with E-state index in [0.717, 1.165) is 18.2 Å². The predicted molar refractivity (Wildman–Crippen MR) is 85.8 cm³/mol. The van der Waals surface area contributed by atoms with Gasteiger partial charge in [0.1, 0.15) is 0 Å². The second-order valence-electron chi connectivity index (χ2n) is 5.10. The molecule has 0 N–H and O–H groups in total. The Morgan fingerprint density at radius 2 is 1.37 bits per heavy atom. The van der Waals surface area contributed by atoms with Gasteiger partial charge in [-0.05, 0) is 47.6 Å². The summed E-state index contributed by atoms with van der Waals surface area (Å²) in [6, 6.07) is 17.7. The van der Waals surface area contributed by atoms with Crippen molar-refractivity contribution in [2.75, 3.05) is 5.33 Å². The average Bonchev–Trinajstić information content (AvgIpc) is 2.63. The summed E-state index contributed by atoms with van der Waals surface area (Å²) in [5, 5.41) is 0.922. The highest BCUT2D eigenvalue weighted by Gasteiger charge is 2.18. The minimum Gasteiger partial charge on any atom is -0.0880 e. The topological polar surface area (TPSA) is 0 Å². The highest BCUT2D eigenvalue weighted by molar-refractivity contribution is 9.09. The van der Waals surface area contributed by atoms with E-state index in [9.17, 15) is 0 Å². The van der Waals surface area contributed by atoms with Gasteiger partial charge in [0, 0.05) is 5.33 Å². The molecule has 0 spiro atoms. The summed E-state index contributed by atoms with van der Waals surface area (Å²) in [5.41, 5.74) is 8.57. The zero-order valence-corrected chi connectivity index (χ0v) is 12.7. The van der Waals surface area contributed by atoms with Crippen molar-refractivity contribution >= 4 is 21.5 Å². The van der Waals surface area contributed by atoms with Crippen molar-refractivity contribution in [2.45, 2.75) is 19.8 Å². The van der Waals surface area contributed by atoms with E-state index in [1.54, 1.807) is 0 Å². The summed E-state index contributed by atoms with van der Waals surface area (Å²) in [6.45, 7) is 2.23. The van der Waals surface area contributed by atoms with Crippen LogP contribution in [0.5, 0.6) is 0 Å². The molecule has 0 aliphatic heterocycles. The molecule has 2 aromatic rings. The lowest BCUT2D eigenvalue weighted by Crippen LogP contribution is -1.96. The Balaban J connectivity index is 2.32. The first-order valence-corrected chi connectivity index (χ1v) is 7.85. The predicted octanol–water partition coefficient (Wildman–Crippen LogP) is 5.00. The first kappa shape index (κ1) is 12.7. The third-order valence-corrected chi connectivity index (χ3v) is 4.71. The Morgan fingerprint density at radius 1 is 0.895 bits per heavy atom. The fraction of sp³-hybridized carbons (Fsp3) is 0.222. The standard InChI is InChI=1S/C18H17Br/c1-13(12-19)18-16-8-4-2-6-14(16)10-11-15-7-3-5-9-17(15)18/h2-9H,10-12H2,1H3. The molecular formula is C18H17Br. The van der Waals surface area contributed by atoms with E-state index >= 15 is 0 Å². The molecule has 0 unspecified atom stereocenters. The fourth-order valence-electron chi connectivity index (χ4n) is 2.91. The van der Waals surface area contributed by atoms with Gasteiger partial charge in [0.05, 0.1) is 0 Å². The van der Waals surface area contributed by atoms with Crippen LogP contribution in [0, 0.1) is 0 Å². The van der Waals surface area contributed by atoms with Gasteiger partial charge >= 0.3 is 0 Å². The minimum atomic E-state index is 0.922. The number of rotatable bonds is 1. The van der Waals surface area contributed by atoms with Gasteiger partial charge < -0.3 is 0 Å². The fourth-order valence-corrected chi connectivity index (χ4v) is 3.19. The molecule has 96 valence electrons. The van der Waals surface area contributed by atoms with E-state index in [2.05, 4.69) is 71.4 Å². The van der Waals surface area contributed by atoms with Crippen LogP contribution in [-0.4, -0.2) is 5.33 Å². The Morgan fingerprint density at radius 3 is 1.84 bits per heavy atom. The molecule has 0 heterocycles. The van der Waals surface area contributed by atoms with Gasteiger partial charge in [0.2, 0.25) is 0 Å². The molecule has 0 saturated carbocycles. The molecule has 0 fully saturated rings. The van der Waals surface area contributed by atoms with Gasteiger partial charge in [-0.25, -0.2) is 0 Å². The number of benzene rings is 2. The van der Waals surface area contributed by atoms with E-state index in [1.807, 2.05) is 0 Å². The van der Waals surface area contributed by atoms with Gasteiger partial charge in [-0.1, -0.05) is 70.0 Å². The zero-order valence-electron chi connectivity index (χ0n) is 11.1. The van der Waals surface area contributed by atoms with Crippen molar-refractivity contribution in [1.29, 1.82) is 0 Å². The lowest BCUT2D eigenvalue weighted by Gasteiger charge is -2.14. The number of hydrogen-bond donors (Lipinski definition) is 0. The monoisotopic (exact) mass is 312 g/mol. The van der Waals surface area contributed by atoms with Crippen LogP contribution in [0.4, 0.5) is 0 Å². The maximum atomic E-state index is 3.62. The molecule has 0 atom stereocenters. The SMILES string of the molecule is CC(CBr)=C1c2ccccc2CCc2ccccc21. The summed E-state index contributed by atoms with van der Waals surface area (Å²) in [7, 11) is 0. The first-order valence-electron chi connectivity index (χ1n) is 6.73. The molecule has 0 aromatic heterocycles. The van der Waals surface area contributed by atoms with Gasteiger partial charge in [-0.2, -0.15) is 0 Å². The minimum absolute atomic E-state index is 0.922. The number of halogens is 1. The number of hydrogen-bond acceptors (Lipinski definition) is 0. The third kappa shape index (κ3) is 2.28. The molecule has 0 nitrogen and oxygen atoms in total. The number of aryl methyl sites for hydroxylation is 2. The second kappa shape index (κ2) is 5.34. The van der Waals surface area contributed by atoms with E-state index in [4.69, 9.17) is 0 Å². The molecule has 3 rings (SSSR count). The number of fused-ring (bicyclic) bond motifs is 2. The average molecular weight is 313 g/mol. The smallest absolute Gasteiger partial charge is 0.0248 e. The number of alkyl halides is 1. The molecule has 0 amide bonds. The van der Waals surface area contributed by atoms with Crippen molar-refractivity contribution in [1.82, 2.24) is 0 Å². The Bertz CT molecular complexity index is 588. The van der Waals surface area contributed by atoms with Crippen LogP contribution in [0.15, 0.2) is 54.1 Å². The van der Waals surface area contributed by atoms with Crippen LogP contribution in [-0.2, 0) is 12.8 Å². The van der Waals surface area contributed by atoms with E-state index in [0.29, 0.717) is 0 Å². The van der Waals surface area contributed by atoms with Crippen LogP contribution in [0.25, 0.3) is 5.57 Å². The Labute approximate surface area is 123 Å². The maximum absolute atomic E-state index is 3.62. The molecule has 1 aliphatic rings. The Kier molecular flexibility index (Phi) is 3.56. The van der Waals surface area contributed by atoms with Crippen molar-refractivity contribution in [3.63, 3.8) is 0 Å². The lowest BCUT2D eigenvalue weighted by molar-refractivity contribution is 0.965. The molecular weight excluding hydrogens is 296 g/mol. The van der Waals surface area contributed by atoms with Crippen LogP contribution in [0.3, 0.4) is 0 Å². The van der Waals surface area contributed by atoms with Gasteiger partial charge in [0.15, 0.2) is 0 Å². The van der Waals surface area contributed by atoms with E-state index in [1.165, 1.54) is 33.4 Å². The van der Waals surface area contributed by atoms with E-state index < -0.39 is 0 Å². The van der Waals surface area contributed by atoms with Gasteiger partial charge in [-0.3, -0.25) is 0 Å². The second-order valence-corrected chi connectivity index (χ2v) is 5.66. The van der Waals surface area contributed by atoms with Crippen LogP contribution in [0.2, 0.25) is 0 Å². The summed E-state index contributed by atoms with van der Waals surface area (Å²) >= 11 is 3.62. The summed E-state index contributed by atoms with van der Waals surface area (Å²) in [5.74, 6) is 0. The van der Waals surface area contributed by atoms with Crippen molar-refractivity contribution in [3.8, 4) is 0 Å². The normalized spacial score (nSPS) is 13.5. The van der Waals surface area contributed by atoms with Crippen molar-refractivity contribution in [3.05, 3.63) is 76.4 Å². The van der Waals surface area contributed by atoms with Crippen LogP contribution in [0.1, 0.15) is 29.2 Å². The molecule has 0 saturated heterocycles. The molecule has 0 bridgehead atoms. The lowest BCUT2D eigenvalue weighted by atomic mass is 9.91. The quantitative estimate of drug-likeness (QED) is 0.650. The summed E-state index contributed by atoms with van der Waals surface area (Å²) in [6.07, 6.45) is 2.26. The Hall–Kier alpha value is -1.34. The summed E-state index contributed by atoms with van der Waals surface area (Å²) < 4.78 is 0. The third-order valence-electron chi connectivity index (χ3n) is 3.86. The first-order chi connectivity index (χ1) is 9.31. The maximum Gasteiger partial charge on any atom is 0.0248 e. The molecule has 0 radical (unpaired) electrons. The van der Waals surface area contributed by atoms with Crippen LogP contribution < -0.4 is 0 Å². The van der Waals surface area contributed by atoms with Crippen LogP contribution >= 0.6 is 15.9 Å². The number of allylic oxidation sites excluding steroid dienone is 1. The highest BCUT2D eigenvalue weighted by Crippen LogP contribution is 2.35. The summed E-state index contributed by atoms with van der Waals surface area (Å²) in [4.78, 5) is 0. The van der Waals surface area contributed by atoms with Crippen molar-refractivity contribution in [2.24, 2.45) is 0 Å². The largest absolute Gasteiger partial charge is 0.0880 e. The highest BCUT2D eigenvalue weighted by atomic mass is 79.9. The van der Waals surface area contributed by atoms with E-state index in [-0.39, 0.29) is 0 Å². The van der Waals surface area contributed by atoms with Gasteiger partial charge in [-0.15, -0.1) is 0 Å². The van der Waals surface area contributed by atoms with Gasteiger partial charge in [0.25, 0.3) is 0 Å². The zero-order chi connectivity index (χ0) is 13.2. The van der Waals surface area contributed by atoms with Crippen molar-refractivity contribution < 1.29 is 0 Å².